The summed E-state index contributed by atoms with van der Waals surface area (Å²) in [6.45, 7) is 5.89. The first-order valence-corrected chi connectivity index (χ1v) is 14.9. The number of aromatic nitrogens is 4. The molecule has 0 fully saturated rings. The summed E-state index contributed by atoms with van der Waals surface area (Å²) in [6.07, 6.45) is 1.64. The summed E-state index contributed by atoms with van der Waals surface area (Å²) < 4.78 is 7.59. The Labute approximate surface area is 250 Å². The zero-order chi connectivity index (χ0) is 29.3. The van der Waals surface area contributed by atoms with Gasteiger partial charge in [-0.2, -0.15) is 14.2 Å². The molecule has 0 atom stereocenters. The number of nitrogens with zero attached hydrogens (tertiary/aromatic N) is 5. The lowest BCUT2D eigenvalue weighted by Gasteiger charge is -2.22. The first kappa shape index (κ1) is 28.7. The Morgan fingerprint density at radius 1 is 1.02 bits per heavy atom. The number of hydrogen-bond acceptors (Lipinski definition) is 8. The fourth-order valence-corrected chi connectivity index (χ4v) is 6.01. The summed E-state index contributed by atoms with van der Waals surface area (Å²) >= 11 is 8.82. The lowest BCUT2D eigenvalue weighted by molar-refractivity contribution is 0.0751. The van der Waals surface area contributed by atoms with Crippen molar-refractivity contribution in [1.29, 1.82) is 0 Å². The summed E-state index contributed by atoms with van der Waals surface area (Å²) in [7, 11) is 1.90. The van der Waals surface area contributed by atoms with Gasteiger partial charge in [0.1, 0.15) is 11.5 Å². The van der Waals surface area contributed by atoms with Crippen molar-refractivity contribution in [1.82, 2.24) is 18.7 Å². The minimum absolute atomic E-state index is 0.168. The van der Waals surface area contributed by atoms with E-state index in [2.05, 4.69) is 4.37 Å². The lowest BCUT2D eigenvalue weighted by Crippen LogP contribution is -2.31. The summed E-state index contributed by atoms with van der Waals surface area (Å²) in [5.74, 6) is 0.151. The van der Waals surface area contributed by atoms with Crippen molar-refractivity contribution in [3.63, 3.8) is 0 Å². The molecule has 0 amide bonds. The molecule has 0 aliphatic carbocycles. The van der Waals surface area contributed by atoms with Gasteiger partial charge in [-0.05, 0) is 40.9 Å². The highest BCUT2D eigenvalue weighted by Crippen LogP contribution is 2.34. The van der Waals surface area contributed by atoms with Gasteiger partial charge < -0.3 is 9.47 Å². The molecule has 0 saturated carbocycles. The minimum Gasteiger partial charge on any atom is -0.354 e. The number of anilines is 1. The van der Waals surface area contributed by atoms with E-state index in [-0.39, 0.29) is 23.8 Å². The van der Waals surface area contributed by atoms with E-state index in [9.17, 15) is 14.4 Å². The molecule has 5 rings (SSSR count). The van der Waals surface area contributed by atoms with Crippen molar-refractivity contribution in [2.24, 2.45) is 5.41 Å². The number of carbonyl (C=O) groups is 2. The lowest BCUT2D eigenvalue weighted by atomic mass is 9.96. The Bertz CT molecular complexity index is 1770. The molecule has 0 aliphatic rings. The van der Waals surface area contributed by atoms with E-state index in [1.165, 1.54) is 38.2 Å². The van der Waals surface area contributed by atoms with Crippen LogP contribution in [0.2, 0.25) is 4.34 Å². The van der Waals surface area contributed by atoms with Crippen LogP contribution in [-0.4, -0.2) is 37.5 Å². The fraction of sp³-hybridized carbons (Fsp3) is 0.233. The molecule has 210 valence electrons. The summed E-state index contributed by atoms with van der Waals surface area (Å²) in [4.78, 5) is 42.7. The van der Waals surface area contributed by atoms with Crippen LogP contribution < -0.4 is 10.5 Å². The number of benzene rings is 1. The number of carbonyl (C=O) groups excluding carboxylic acids is 2. The second-order valence-electron chi connectivity index (χ2n) is 10.7. The van der Waals surface area contributed by atoms with Crippen LogP contribution in [0.15, 0.2) is 77.0 Å². The van der Waals surface area contributed by atoms with Crippen molar-refractivity contribution in [2.75, 3.05) is 11.9 Å². The van der Waals surface area contributed by atoms with Gasteiger partial charge in [0.25, 0.3) is 11.5 Å². The van der Waals surface area contributed by atoms with Gasteiger partial charge >= 0.3 is 0 Å². The summed E-state index contributed by atoms with van der Waals surface area (Å²) in [5, 5.41) is 6.52. The van der Waals surface area contributed by atoms with E-state index < -0.39 is 5.41 Å². The third kappa shape index (κ3) is 6.24. The maximum Gasteiger partial charge on any atom is 0.254 e. The second-order valence-corrected chi connectivity index (χ2v) is 13.1. The highest BCUT2D eigenvalue weighted by molar-refractivity contribution is 7.16. The number of thiophene rings is 1. The Balaban J connectivity index is 1.65. The molecular formula is C30H28ClN5O3S2. The molecule has 0 radical (unpaired) electrons. The van der Waals surface area contributed by atoms with Crippen LogP contribution in [0.3, 0.4) is 0 Å². The first-order valence-electron chi connectivity index (χ1n) is 12.9. The quantitative estimate of drug-likeness (QED) is 0.182. The Morgan fingerprint density at radius 3 is 2.41 bits per heavy atom. The Hall–Kier alpha value is -3.86. The van der Waals surface area contributed by atoms with Gasteiger partial charge in [-0.25, -0.2) is 0 Å². The zero-order valence-corrected chi connectivity index (χ0v) is 25.4. The van der Waals surface area contributed by atoms with Crippen molar-refractivity contribution in [3.05, 3.63) is 97.5 Å². The molecule has 1 aromatic carbocycles. The number of pyridine rings is 1. The molecule has 0 spiro atoms. The third-order valence-corrected chi connectivity index (χ3v) is 8.24. The van der Waals surface area contributed by atoms with Gasteiger partial charge in [0.2, 0.25) is 5.78 Å². The van der Waals surface area contributed by atoms with Crippen LogP contribution in [0.25, 0.3) is 22.4 Å². The zero-order valence-electron chi connectivity index (χ0n) is 23.0. The topological polar surface area (TPSA) is 90.1 Å². The SMILES string of the molecule is CN(Cc1ccc(Cl)s1)c1cc(-c2cn(CC(=O)c3ccsn3)c(=O)cc2-c2ccccc2)nn1C(=O)C(C)(C)C. The van der Waals surface area contributed by atoms with Gasteiger partial charge in [0.05, 0.1) is 23.1 Å². The van der Waals surface area contributed by atoms with Crippen LogP contribution in [0.5, 0.6) is 0 Å². The van der Waals surface area contributed by atoms with Crippen LogP contribution >= 0.6 is 34.5 Å². The standard InChI is InChI=1S/C30H28ClN5O3S2/c1-30(2,3)29(39)36-27(34(4)16-20-10-11-26(31)41-20)15-24(32-36)22-17-35(18-25(37)23-12-13-40-33-23)28(38)14-21(22)19-8-6-5-7-9-19/h5-15,17H,16,18H2,1-4H3. The molecule has 0 saturated heterocycles. The maximum atomic E-state index is 13.6. The summed E-state index contributed by atoms with van der Waals surface area (Å²) in [6, 6.07) is 18.3. The molecule has 4 heterocycles. The van der Waals surface area contributed by atoms with Gasteiger partial charge in [-0.3, -0.25) is 14.4 Å². The van der Waals surface area contributed by atoms with E-state index in [4.69, 9.17) is 16.7 Å². The summed E-state index contributed by atoms with van der Waals surface area (Å²) in [5.41, 5.74) is 1.88. The molecule has 11 heteroatoms. The van der Waals surface area contributed by atoms with Gasteiger partial charge in [0.15, 0.2) is 0 Å². The molecular weight excluding hydrogens is 578 g/mol. The maximum absolute atomic E-state index is 13.6. The Kier molecular flexibility index (Phi) is 8.08. The predicted molar refractivity (Wildman–Crippen MR) is 165 cm³/mol. The van der Waals surface area contributed by atoms with E-state index >= 15 is 0 Å². The van der Waals surface area contributed by atoms with Crippen LogP contribution in [0, 0.1) is 5.41 Å². The van der Waals surface area contributed by atoms with Crippen molar-refractivity contribution in [3.8, 4) is 22.4 Å². The monoisotopic (exact) mass is 605 g/mol. The highest BCUT2D eigenvalue weighted by atomic mass is 35.5. The van der Waals surface area contributed by atoms with Crippen LogP contribution in [-0.2, 0) is 13.1 Å². The van der Waals surface area contributed by atoms with Gasteiger partial charge in [-0.15, -0.1) is 11.3 Å². The second kappa shape index (κ2) is 11.6. The van der Waals surface area contributed by atoms with E-state index in [1.54, 1.807) is 17.6 Å². The molecule has 5 aromatic rings. The number of rotatable bonds is 8. The normalized spacial score (nSPS) is 11.5. The molecule has 4 aromatic heterocycles. The van der Waals surface area contributed by atoms with Crippen molar-refractivity contribution >= 4 is 52.0 Å². The third-order valence-electron chi connectivity index (χ3n) is 6.46. The van der Waals surface area contributed by atoms with Crippen LogP contribution in [0.4, 0.5) is 5.82 Å². The van der Waals surface area contributed by atoms with Gasteiger partial charge in [-0.1, -0.05) is 62.7 Å². The van der Waals surface area contributed by atoms with Crippen molar-refractivity contribution in [2.45, 2.75) is 33.9 Å². The largest absolute Gasteiger partial charge is 0.354 e. The van der Waals surface area contributed by atoms with E-state index in [0.29, 0.717) is 39.2 Å². The molecule has 0 aliphatic heterocycles. The molecule has 0 N–H and O–H groups in total. The molecule has 41 heavy (non-hydrogen) atoms. The smallest absolute Gasteiger partial charge is 0.254 e. The number of halogens is 1. The number of ketones is 1. The average molecular weight is 606 g/mol. The molecule has 0 bridgehead atoms. The minimum atomic E-state index is -0.702. The fourth-order valence-electron chi connectivity index (χ4n) is 4.34. The van der Waals surface area contributed by atoms with Crippen molar-refractivity contribution < 1.29 is 9.59 Å². The van der Waals surface area contributed by atoms with Crippen LogP contribution in [0.1, 0.15) is 40.9 Å². The van der Waals surface area contributed by atoms with E-state index in [0.717, 1.165) is 10.4 Å². The Morgan fingerprint density at radius 2 is 1.78 bits per heavy atom. The number of Topliss-reactive ketones (excluding diaryl/α,β-unsaturated/α-hetero) is 1. The molecule has 0 unspecified atom stereocenters. The molecule has 8 nitrogen and oxygen atoms in total. The van der Waals surface area contributed by atoms with Gasteiger partial charge in [0, 0.05) is 46.6 Å². The number of hydrogen-bond donors (Lipinski definition) is 0. The first-order chi connectivity index (χ1) is 19.5. The average Bonchev–Trinajstić information content (AvgIpc) is 3.70. The predicted octanol–water partition coefficient (Wildman–Crippen LogP) is 6.76. The van der Waals surface area contributed by atoms with E-state index in [1.807, 2.05) is 81.2 Å². The highest BCUT2D eigenvalue weighted by Gasteiger charge is 2.29.